The van der Waals surface area contributed by atoms with Gasteiger partial charge in [0.2, 0.25) is 5.89 Å². The fraction of sp³-hybridized carbons (Fsp3) is 0.412. The number of aromatic nitrogens is 1. The van der Waals surface area contributed by atoms with Gasteiger partial charge in [-0.3, -0.25) is 0 Å². The Kier molecular flexibility index (Phi) is 4.73. The number of benzene rings is 1. The molecule has 3 rings (SSSR count). The van der Waals surface area contributed by atoms with Gasteiger partial charge in [-0.15, -0.1) is 0 Å². The minimum Gasteiger partial charge on any atom is -0.444 e. The average Bonchev–Trinajstić information content (AvgIpc) is 3.24. The molecule has 5 heteroatoms. The molecule has 1 aromatic heterocycles. The van der Waals surface area contributed by atoms with Crippen LogP contribution in [0.3, 0.4) is 0 Å². The van der Waals surface area contributed by atoms with E-state index in [1.165, 1.54) is 12.8 Å². The normalized spacial score (nSPS) is 15.3. The van der Waals surface area contributed by atoms with Crippen molar-refractivity contribution >= 4 is 5.96 Å². The molecule has 0 amide bonds. The van der Waals surface area contributed by atoms with Gasteiger partial charge in [-0.2, -0.15) is 0 Å². The van der Waals surface area contributed by atoms with E-state index in [0.717, 1.165) is 36.9 Å². The van der Waals surface area contributed by atoms with Crippen molar-refractivity contribution in [1.82, 2.24) is 15.2 Å². The highest BCUT2D eigenvalue weighted by Gasteiger charge is 2.15. The summed E-state index contributed by atoms with van der Waals surface area (Å²) < 4.78 is 5.55. The van der Waals surface area contributed by atoms with Crippen molar-refractivity contribution in [3.05, 3.63) is 42.3 Å². The van der Waals surface area contributed by atoms with E-state index in [-0.39, 0.29) is 0 Å². The van der Waals surface area contributed by atoms with Gasteiger partial charge < -0.3 is 14.6 Å². The van der Waals surface area contributed by atoms with Crippen molar-refractivity contribution in [2.24, 2.45) is 4.99 Å². The molecule has 2 heterocycles. The maximum atomic E-state index is 5.55. The first-order valence-corrected chi connectivity index (χ1v) is 7.90. The third-order valence-corrected chi connectivity index (χ3v) is 3.70. The average molecular weight is 298 g/mol. The second-order valence-electron chi connectivity index (χ2n) is 5.37. The van der Waals surface area contributed by atoms with Gasteiger partial charge in [0.1, 0.15) is 12.0 Å². The van der Waals surface area contributed by atoms with E-state index in [1.807, 2.05) is 30.3 Å². The lowest BCUT2D eigenvalue weighted by Gasteiger charge is -2.20. The number of hydrogen-bond donors (Lipinski definition) is 1. The molecule has 0 unspecified atom stereocenters. The molecule has 0 radical (unpaired) electrons. The molecule has 116 valence electrons. The van der Waals surface area contributed by atoms with E-state index in [9.17, 15) is 0 Å². The molecule has 0 bridgehead atoms. The summed E-state index contributed by atoms with van der Waals surface area (Å²) >= 11 is 0. The molecule has 0 spiro atoms. The van der Waals surface area contributed by atoms with Crippen molar-refractivity contribution in [1.29, 1.82) is 0 Å². The van der Waals surface area contributed by atoms with Gasteiger partial charge in [0.15, 0.2) is 5.96 Å². The van der Waals surface area contributed by atoms with Gasteiger partial charge >= 0.3 is 0 Å². The van der Waals surface area contributed by atoms with Crippen LogP contribution < -0.4 is 5.32 Å². The third kappa shape index (κ3) is 3.47. The summed E-state index contributed by atoms with van der Waals surface area (Å²) in [7, 11) is 0. The molecular formula is C17H22N4O. The quantitative estimate of drug-likeness (QED) is 0.696. The van der Waals surface area contributed by atoms with Crippen molar-refractivity contribution in [2.45, 2.75) is 26.3 Å². The molecule has 1 aromatic carbocycles. The lowest BCUT2D eigenvalue weighted by atomic mass is 10.2. The fourth-order valence-electron chi connectivity index (χ4n) is 2.60. The minimum atomic E-state index is 0.537. The summed E-state index contributed by atoms with van der Waals surface area (Å²) in [6, 6.07) is 9.93. The SMILES string of the molecule is CCNC(=NCc1coc(-c2ccccc2)n1)N1CCCC1. The summed E-state index contributed by atoms with van der Waals surface area (Å²) in [5.41, 5.74) is 1.85. The summed E-state index contributed by atoms with van der Waals surface area (Å²) in [5.74, 6) is 1.63. The van der Waals surface area contributed by atoms with Crippen LogP contribution in [0.1, 0.15) is 25.5 Å². The third-order valence-electron chi connectivity index (χ3n) is 3.70. The van der Waals surface area contributed by atoms with Crippen LogP contribution in [0.5, 0.6) is 0 Å². The first-order valence-electron chi connectivity index (χ1n) is 7.90. The Bertz CT molecular complexity index is 615. The summed E-state index contributed by atoms with van der Waals surface area (Å²) in [6.45, 7) is 5.67. The molecule has 1 aliphatic heterocycles. The molecule has 2 aromatic rings. The predicted octanol–water partition coefficient (Wildman–Crippen LogP) is 2.90. The van der Waals surface area contributed by atoms with E-state index in [4.69, 9.17) is 4.42 Å². The fourth-order valence-corrected chi connectivity index (χ4v) is 2.60. The van der Waals surface area contributed by atoms with E-state index in [1.54, 1.807) is 6.26 Å². The van der Waals surface area contributed by atoms with Crippen molar-refractivity contribution in [3.63, 3.8) is 0 Å². The molecule has 1 fully saturated rings. The molecule has 22 heavy (non-hydrogen) atoms. The lowest BCUT2D eigenvalue weighted by molar-refractivity contribution is 0.493. The van der Waals surface area contributed by atoms with Gasteiger partial charge in [0, 0.05) is 25.2 Å². The number of nitrogens with one attached hydrogen (secondary N) is 1. The highest BCUT2D eigenvalue weighted by Crippen LogP contribution is 2.18. The molecule has 0 aliphatic carbocycles. The second-order valence-corrected chi connectivity index (χ2v) is 5.37. The Balaban J connectivity index is 1.69. The molecule has 0 atom stereocenters. The number of likely N-dealkylation sites (tertiary alicyclic amines) is 1. The zero-order valence-corrected chi connectivity index (χ0v) is 13.0. The largest absolute Gasteiger partial charge is 0.444 e. The summed E-state index contributed by atoms with van der Waals surface area (Å²) in [5, 5.41) is 3.35. The van der Waals surface area contributed by atoms with Crippen molar-refractivity contribution in [3.8, 4) is 11.5 Å². The van der Waals surface area contributed by atoms with Crippen LogP contribution in [-0.2, 0) is 6.54 Å². The van der Waals surface area contributed by atoms with Crippen LogP contribution in [0.4, 0.5) is 0 Å². The Labute approximate surface area is 131 Å². The number of oxazole rings is 1. The molecule has 1 saturated heterocycles. The van der Waals surface area contributed by atoms with Crippen LogP contribution in [0.2, 0.25) is 0 Å². The zero-order valence-electron chi connectivity index (χ0n) is 13.0. The first-order chi connectivity index (χ1) is 10.9. The van der Waals surface area contributed by atoms with Crippen LogP contribution in [0, 0.1) is 0 Å². The van der Waals surface area contributed by atoms with Gasteiger partial charge in [0.05, 0.1) is 6.54 Å². The Morgan fingerprint density at radius 1 is 1.27 bits per heavy atom. The number of aliphatic imine (C=N–C) groups is 1. The van der Waals surface area contributed by atoms with E-state index < -0.39 is 0 Å². The second kappa shape index (κ2) is 7.11. The molecule has 5 nitrogen and oxygen atoms in total. The van der Waals surface area contributed by atoms with Crippen LogP contribution in [0.25, 0.3) is 11.5 Å². The van der Waals surface area contributed by atoms with E-state index in [2.05, 4.69) is 27.1 Å². The molecule has 1 N–H and O–H groups in total. The topological polar surface area (TPSA) is 53.7 Å². The monoisotopic (exact) mass is 298 g/mol. The Morgan fingerprint density at radius 3 is 2.77 bits per heavy atom. The van der Waals surface area contributed by atoms with Crippen molar-refractivity contribution < 1.29 is 4.42 Å². The number of nitrogens with zero attached hydrogens (tertiary/aromatic N) is 3. The Morgan fingerprint density at radius 2 is 2.05 bits per heavy atom. The number of guanidine groups is 1. The van der Waals surface area contributed by atoms with Crippen molar-refractivity contribution in [2.75, 3.05) is 19.6 Å². The van der Waals surface area contributed by atoms with Crippen LogP contribution in [-0.4, -0.2) is 35.5 Å². The predicted molar refractivity (Wildman–Crippen MR) is 87.6 cm³/mol. The van der Waals surface area contributed by atoms with Gasteiger partial charge in [-0.1, -0.05) is 18.2 Å². The molecular weight excluding hydrogens is 276 g/mol. The smallest absolute Gasteiger partial charge is 0.226 e. The number of hydrogen-bond acceptors (Lipinski definition) is 3. The van der Waals surface area contributed by atoms with Gasteiger partial charge in [0.25, 0.3) is 0 Å². The van der Waals surface area contributed by atoms with Gasteiger partial charge in [-0.05, 0) is 31.9 Å². The molecule has 0 saturated carbocycles. The Hall–Kier alpha value is -2.30. The molecule has 1 aliphatic rings. The highest BCUT2D eigenvalue weighted by molar-refractivity contribution is 5.80. The number of rotatable bonds is 4. The summed E-state index contributed by atoms with van der Waals surface area (Å²) in [6.07, 6.45) is 4.18. The van der Waals surface area contributed by atoms with Gasteiger partial charge in [-0.25, -0.2) is 9.98 Å². The van der Waals surface area contributed by atoms with Crippen LogP contribution in [0.15, 0.2) is 46.0 Å². The van der Waals surface area contributed by atoms with E-state index >= 15 is 0 Å². The standard InChI is InChI=1S/C17H22N4O/c1-2-18-17(21-10-6-7-11-21)19-12-15-13-22-16(20-15)14-8-4-3-5-9-14/h3-5,8-9,13H,2,6-7,10-12H2,1H3,(H,18,19). The lowest BCUT2D eigenvalue weighted by Crippen LogP contribution is -2.39. The van der Waals surface area contributed by atoms with E-state index in [0.29, 0.717) is 12.4 Å². The summed E-state index contributed by atoms with van der Waals surface area (Å²) in [4.78, 5) is 11.5. The maximum Gasteiger partial charge on any atom is 0.226 e. The minimum absolute atomic E-state index is 0.537. The van der Waals surface area contributed by atoms with Crippen LogP contribution >= 0.6 is 0 Å². The maximum absolute atomic E-state index is 5.55. The highest BCUT2D eigenvalue weighted by atomic mass is 16.3. The first kappa shape index (κ1) is 14.6. The zero-order chi connectivity index (χ0) is 15.2.